The number of rotatable bonds is 3. The van der Waals surface area contributed by atoms with Crippen molar-refractivity contribution in [3.05, 3.63) is 30.0 Å². The molecule has 1 fully saturated rings. The van der Waals surface area contributed by atoms with Crippen LogP contribution in [0.5, 0.6) is 0 Å². The number of amides is 1. The number of hydrogen-bond acceptors (Lipinski definition) is 3. The van der Waals surface area contributed by atoms with E-state index in [4.69, 9.17) is 0 Å². The fourth-order valence-electron chi connectivity index (χ4n) is 2.72. The first-order chi connectivity index (χ1) is 9.68. The zero-order chi connectivity index (χ0) is 14.0. The summed E-state index contributed by atoms with van der Waals surface area (Å²) in [6.45, 7) is 4.99. The molecule has 0 bridgehead atoms. The molecule has 1 aliphatic heterocycles. The van der Waals surface area contributed by atoms with Crippen LogP contribution in [0, 0.1) is 5.41 Å². The first-order valence-corrected chi connectivity index (χ1v) is 7.10. The number of carbonyl (C=O) groups excluding carboxylic acids is 1. The first kappa shape index (κ1) is 15.8. The van der Waals surface area contributed by atoms with Gasteiger partial charge in [0.05, 0.1) is 5.52 Å². The van der Waals surface area contributed by atoms with Gasteiger partial charge in [0.15, 0.2) is 5.69 Å². The topological polar surface area (TPSA) is 69.8 Å². The van der Waals surface area contributed by atoms with Crippen molar-refractivity contribution >= 4 is 29.2 Å². The first-order valence-electron chi connectivity index (χ1n) is 7.10. The smallest absolute Gasteiger partial charge is 0.272 e. The predicted octanol–water partition coefficient (Wildman–Crippen LogP) is 2.10. The summed E-state index contributed by atoms with van der Waals surface area (Å²) < 4.78 is 0. The van der Waals surface area contributed by atoms with Crippen LogP contribution in [0.4, 0.5) is 0 Å². The normalized spacial score (nSPS) is 17.2. The summed E-state index contributed by atoms with van der Waals surface area (Å²) in [6, 6.07) is 7.69. The molecular formula is C15H21ClN4O. The Kier molecular flexibility index (Phi) is 4.85. The van der Waals surface area contributed by atoms with Gasteiger partial charge in [-0.2, -0.15) is 5.10 Å². The van der Waals surface area contributed by atoms with Gasteiger partial charge in [-0.3, -0.25) is 9.89 Å². The molecule has 1 saturated heterocycles. The van der Waals surface area contributed by atoms with E-state index in [9.17, 15) is 4.79 Å². The highest BCUT2D eigenvalue weighted by atomic mass is 35.5. The van der Waals surface area contributed by atoms with Gasteiger partial charge in [-0.15, -0.1) is 12.4 Å². The zero-order valence-corrected chi connectivity index (χ0v) is 12.9. The molecule has 0 radical (unpaired) electrons. The van der Waals surface area contributed by atoms with Gasteiger partial charge >= 0.3 is 0 Å². The Morgan fingerprint density at radius 1 is 1.33 bits per heavy atom. The fraction of sp³-hybridized carbons (Fsp3) is 0.467. The minimum Gasteiger partial charge on any atom is -0.350 e. The minimum absolute atomic E-state index is 0. The molecule has 1 amide bonds. The van der Waals surface area contributed by atoms with Crippen molar-refractivity contribution in [1.82, 2.24) is 20.8 Å². The summed E-state index contributed by atoms with van der Waals surface area (Å²) >= 11 is 0. The summed E-state index contributed by atoms with van der Waals surface area (Å²) in [4.78, 5) is 12.3. The van der Waals surface area contributed by atoms with Gasteiger partial charge in [0, 0.05) is 11.9 Å². The van der Waals surface area contributed by atoms with E-state index >= 15 is 0 Å². The van der Waals surface area contributed by atoms with E-state index in [1.807, 2.05) is 24.3 Å². The van der Waals surface area contributed by atoms with Gasteiger partial charge in [-0.1, -0.05) is 25.1 Å². The van der Waals surface area contributed by atoms with E-state index in [0.29, 0.717) is 12.2 Å². The number of H-pyrrole nitrogens is 1. The van der Waals surface area contributed by atoms with Gasteiger partial charge in [0.25, 0.3) is 5.91 Å². The number of halogens is 1. The number of fused-ring (bicyclic) bond motifs is 1. The second kappa shape index (κ2) is 6.45. The maximum Gasteiger partial charge on any atom is 0.272 e. The van der Waals surface area contributed by atoms with Gasteiger partial charge in [-0.05, 0) is 37.4 Å². The van der Waals surface area contributed by atoms with Crippen molar-refractivity contribution in [3.8, 4) is 0 Å². The average Bonchev–Trinajstić information content (AvgIpc) is 2.90. The summed E-state index contributed by atoms with van der Waals surface area (Å²) in [5.41, 5.74) is 1.57. The predicted molar refractivity (Wildman–Crippen MR) is 85.9 cm³/mol. The lowest BCUT2D eigenvalue weighted by Crippen LogP contribution is -2.43. The van der Waals surface area contributed by atoms with Crippen molar-refractivity contribution in [2.45, 2.75) is 19.8 Å². The van der Waals surface area contributed by atoms with Crippen molar-refractivity contribution < 1.29 is 4.79 Å². The van der Waals surface area contributed by atoms with E-state index in [2.05, 4.69) is 27.8 Å². The molecule has 1 aliphatic rings. The third-order valence-electron chi connectivity index (χ3n) is 4.17. The standard InChI is InChI=1S/C15H20N4O.ClH/c1-15(6-8-16-9-7-15)10-17-14(20)13-11-4-2-3-5-12(11)18-19-13;/h2-5,16H,6-10H2,1H3,(H,17,20)(H,18,19);1H. The van der Waals surface area contributed by atoms with Crippen molar-refractivity contribution in [3.63, 3.8) is 0 Å². The number of para-hydroxylation sites is 1. The average molecular weight is 309 g/mol. The quantitative estimate of drug-likeness (QED) is 0.813. The van der Waals surface area contributed by atoms with E-state index in [-0.39, 0.29) is 23.7 Å². The molecule has 114 valence electrons. The Bertz CT molecular complexity index is 619. The molecule has 3 N–H and O–H groups in total. The third-order valence-corrected chi connectivity index (χ3v) is 4.17. The highest BCUT2D eigenvalue weighted by Gasteiger charge is 2.27. The van der Waals surface area contributed by atoms with Crippen LogP contribution in [0.25, 0.3) is 10.9 Å². The largest absolute Gasteiger partial charge is 0.350 e. The van der Waals surface area contributed by atoms with Crippen LogP contribution in [0.3, 0.4) is 0 Å². The van der Waals surface area contributed by atoms with Crippen LogP contribution in [-0.2, 0) is 0 Å². The number of hydrogen-bond donors (Lipinski definition) is 3. The molecule has 3 rings (SSSR count). The zero-order valence-electron chi connectivity index (χ0n) is 12.1. The SMILES string of the molecule is CC1(CNC(=O)c2n[nH]c3ccccc23)CCNCC1.Cl. The Morgan fingerprint density at radius 2 is 2.05 bits per heavy atom. The molecule has 0 atom stereocenters. The molecule has 5 nitrogen and oxygen atoms in total. The number of benzene rings is 1. The number of nitrogens with one attached hydrogen (secondary N) is 3. The van der Waals surface area contributed by atoms with E-state index in [1.165, 1.54) is 0 Å². The molecule has 2 aromatic rings. The molecule has 2 heterocycles. The Labute approximate surface area is 130 Å². The number of nitrogens with zero attached hydrogens (tertiary/aromatic N) is 1. The fourth-order valence-corrected chi connectivity index (χ4v) is 2.72. The Morgan fingerprint density at radius 3 is 2.81 bits per heavy atom. The summed E-state index contributed by atoms with van der Waals surface area (Å²) in [5, 5.41) is 14.3. The Balaban J connectivity index is 0.00000161. The van der Waals surface area contributed by atoms with Crippen molar-refractivity contribution in [1.29, 1.82) is 0 Å². The maximum atomic E-state index is 12.3. The lowest BCUT2D eigenvalue weighted by Gasteiger charge is -2.34. The summed E-state index contributed by atoms with van der Waals surface area (Å²) in [7, 11) is 0. The Hall–Kier alpha value is -1.59. The lowest BCUT2D eigenvalue weighted by atomic mass is 9.81. The molecule has 21 heavy (non-hydrogen) atoms. The second-order valence-corrected chi connectivity index (χ2v) is 5.86. The minimum atomic E-state index is -0.0952. The van der Waals surface area contributed by atoms with Gasteiger partial charge in [0.2, 0.25) is 0 Å². The van der Waals surface area contributed by atoms with Gasteiger partial charge < -0.3 is 10.6 Å². The van der Waals surface area contributed by atoms with Gasteiger partial charge in [-0.25, -0.2) is 0 Å². The number of carbonyl (C=O) groups is 1. The molecule has 0 saturated carbocycles. The molecule has 0 unspecified atom stereocenters. The van der Waals surface area contributed by atoms with Crippen LogP contribution in [0.1, 0.15) is 30.3 Å². The molecular weight excluding hydrogens is 288 g/mol. The van der Waals surface area contributed by atoms with Crippen LogP contribution in [-0.4, -0.2) is 35.7 Å². The molecule has 6 heteroatoms. The van der Waals surface area contributed by atoms with E-state index in [1.54, 1.807) is 0 Å². The molecule has 0 spiro atoms. The highest BCUT2D eigenvalue weighted by molar-refractivity contribution is 6.04. The van der Waals surface area contributed by atoms with E-state index in [0.717, 1.165) is 36.8 Å². The van der Waals surface area contributed by atoms with Crippen LogP contribution >= 0.6 is 12.4 Å². The van der Waals surface area contributed by atoms with E-state index < -0.39 is 0 Å². The van der Waals surface area contributed by atoms with Crippen LogP contribution in [0.15, 0.2) is 24.3 Å². The van der Waals surface area contributed by atoms with Crippen molar-refractivity contribution in [2.24, 2.45) is 5.41 Å². The molecule has 1 aromatic carbocycles. The van der Waals surface area contributed by atoms with Crippen LogP contribution in [0.2, 0.25) is 0 Å². The van der Waals surface area contributed by atoms with Crippen molar-refractivity contribution in [2.75, 3.05) is 19.6 Å². The monoisotopic (exact) mass is 308 g/mol. The van der Waals surface area contributed by atoms with Crippen LogP contribution < -0.4 is 10.6 Å². The third kappa shape index (κ3) is 3.36. The number of piperidine rings is 1. The maximum absolute atomic E-state index is 12.3. The number of aromatic amines is 1. The summed E-state index contributed by atoms with van der Waals surface area (Å²) in [5.74, 6) is -0.0952. The summed E-state index contributed by atoms with van der Waals surface area (Å²) in [6.07, 6.45) is 2.18. The highest BCUT2D eigenvalue weighted by Crippen LogP contribution is 2.26. The lowest BCUT2D eigenvalue weighted by molar-refractivity contribution is 0.0919. The second-order valence-electron chi connectivity index (χ2n) is 5.86. The number of aromatic nitrogens is 2. The molecule has 1 aromatic heterocycles. The van der Waals surface area contributed by atoms with Gasteiger partial charge in [0.1, 0.15) is 0 Å². The molecule has 0 aliphatic carbocycles.